The summed E-state index contributed by atoms with van der Waals surface area (Å²) in [7, 11) is -4.12. The number of carbonyl (C=O) groups is 1. The van der Waals surface area contributed by atoms with Crippen molar-refractivity contribution in [2.24, 2.45) is 0 Å². The first-order valence-electron chi connectivity index (χ1n) is 7.36. The van der Waals surface area contributed by atoms with Crippen LogP contribution in [0.15, 0.2) is 65.1 Å². The molecule has 6 nitrogen and oxygen atoms in total. The van der Waals surface area contributed by atoms with Gasteiger partial charge in [-0.2, -0.15) is 0 Å². The zero-order chi connectivity index (χ0) is 19.1. The predicted molar refractivity (Wildman–Crippen MR) is 91.3 cm³/mol. The second-order valence-electron chi connectivity index (χ2n) is 5.66. The molecule has 1 heterocycles. The Morgan fingerprint density at radius 1 is 1.15 bits per heavy atom. The van der Waals surface area contributed by atoms with E-state index in [2.05, 4.69) is 0 Å². The van der Waals surface area contributed by atoms with Crippen LogP contribution >= 0.6 is 11.6 Å². The van der Waals surface area contributed by atoms with Crippen LogP contribution in [0.5, 0.6) is 0 Å². The van der Waals surface area contributed by atoms with Gasteiger partial charge >= 0.3 is 0 Å². The Kier molecular flexibility index (Phi) is 4.41. The van der Waals surface area contributed by atoms with Crippen molar-refractivity contribution in [3.05, 3.63) is 76.6 Å². The van der Waals surface area contributed by atoms with Gasteiger partial charge in [0.2, 0.25) is 17.2 Å². The molecule has 2 aromatic carbocycles. The van der Waals surface area contributed by atoms with E-state index in [0.29, 0.717) is 0 Å². The van der Waals surface area contributed by atoms with E-state index in [9.17, 15) is 22.7 Å². The molecule has 26 heavy (non-hydrogen) atoms. The molecule has 1 unspecified atom stereocenters. The van der Waals surface area contributed by atoms with Gasteiger partial charge < -0.3 is 9.84 Å². The van der Waals surface area contributed by atoms with Crippen molar-refractivity contribution in [1.82, 2.24) is 4.72 Å². The number of sulfonamides is 1. The number of rotatable bonds is 4. The molecule has 1 atom stereocenters. The lowest BCUT2D eigenvalue weighted by molar-refractivity contribution is -0.132. The molecular formula is C17H13ClFNO5S. The molecule has 0 bridgehead atoms. The van der Waals surface area contributed by atoms with Gasteiger partial charge in [-0.15, -0.1) is 0 Å². The second kappa shape index (κ2) is 6.30. The van der Waals surface area contributed by atoms with E-state index in [0.717, 1.165) is 6.07 Å². The molecule has 9 heteroatoms. The first-order chi connectivity index (χ1) is 12.2. The maximum Gasteiger partial charge on any atom is 0.264 e. The molecule has 0 fully saturated rings. The number of hydrogen-bond acceptors (Lipinski definition) is 5. The van der Waals surface area contributed by atoms with Crippen molar-refractivity contribution in [3.63, 3.8) is 0 Å². The molecule has 2 N–H and O–H groups in total. The van der Waals surface area contributed by atoms with Crippen LogP contribution in [-0.4, -0.2) is 19.3 Å². The molecular weight excluding hydrogens is 385 g/mol. The zero-order valence-electron chi connectivity index (χ0n) is 13.4. The molecule has 0 radical (unpaired) electrons. The summed E-state index contributed by atoms with van der Waals surface area (Å²) in [6, 6.07) is 11.1. The average molecular weight is 398 g/mol. The van der Waals surface area contributed by atoms with Gasteiger partial charge in [0.05, 0.1) is 15.5 Å². The molecule has 0 aromatic heterocycles. The Balaban J connectivity index is 1.99. The molecule has 0 saturated carbocycles. The standard InChI is InChI=1S/C17H13ClFNO5S/c1-17(13-11(18)8-5-9-12(13)19)15(22)14(21)16(25-17)20-26(23,24)10-6-3-2-4-7-10/h2-9,20-21H,1H3. The fourth-order valence-corrected chi connectivity index (χ4v) is 3.95. The van der Waals surface area contributed by atoms with Crippen molar-refractivity contribution >= 4 is 27.4 Å². The molecule has 0 saturated heterocycles. The number of halogens is 2. The minimum Gasteiger partial charge on any atom is -0.501 e. The summed E-state index contributed by atoms with van der Waals surface area (Å²) in [5.74, 6) is -3.50. The Bertz CT molecular complexity index is 1000. The van der Waals surface area contributed by atoms with Gasteiger partial charge in [0.25, 0.3) is 15.8 Å². The quantitative estimate of drug-likeness (QED) is 0.827. The van der Waals surface area contributed by atoms with E-state index in [1.807, 2.05) is 4.72 Å². The Morgan fingerprint density at radius 3 is 2.42 bits per heavy atom. The number of benzene rings is 2. The number of nitrogens with one attached hydrogen (secondary N) is 1. The van der Waals surface area contributed by atoms with Gasteiger partial charge in [-0.1, -0.05) is 35.9 Å². The highest BCUT2D eigenvalue weighted by molar-refractivity contribution is 7.89. The summed E-state index contributed by atoms with van der Waals surface area (Å²) in [5, 5.41) is 9.96. The summed E-state index contributed by atoms with van der Waals surface area (Å²) < 4.78 is 46.3. The number of ether oxygens (including phenoxy) is 1. The van der Waals surface area contributed by atoms with Crippen LogP contribution in [0.3, 0.4) is 0 Å². The van der Waals surface area contributed by atoms with E-state index >= 15 is 0 Å². The van der Waals surface area contributed by atoms with E-state index in [-0.39, 0.29) is 15.5 Å². The molecule has 0 aliphatic carbocycles. The minimum atomic E-state index is -4.12. The van der Waals surface area contributed by atoms with Crippen LogP contribution in [0.4, 0.5) is 4.39 Å². The number of aliphatic hydroxyl groups is 1. The summed E-state index contributed by atoms with van der Waals surface area (Å²) in [6.07, 6.45) is 0. The van der Waals surface area contributed by atoms with Crippen molar-refractivity contribution in [3.8, 4) is 0 Å². The van der Waals surface area contributed by atoms with Crippen LogP contribution in [0.2, 0.25) is 5.02 Å². The van der Waals surface area contributed by atoms with Crippen molar-refractivity contribution in [2.75, 3.05) is 0 Å². The zero-order valence-corrected chi connectivity index (χ0v) is 14.9. The molecule has 136 valence electrons. The summed E-state index contributed by atoms with van der Waals surface area (Å²) in [4.78, 5) is 12.4. The summed E-state index contributed by atoms with van der Waals surface area (Å²) >= 11 is 5.98. The van der Waals surface area contributed by atoms with Gasteiger partial charge in [-0.25, -0.2) is 17.5 Å². The summed E-state index contributed by atoms with van der Waals surface area (Å²) in [5.41, 5.74) is -2.31. The van der Waals surface area contributed by atoms with Gasteiger partial charge in [0.1, 0.15) is 5.82 Å². The molecule has 1 aliphatic rings. The highest BCUT2D eigenvalue weighted by atomic mass is 35.5. The summed E-state index contributed by atoms with van der Waals surface area (Å²) in [6.45, 7) is 1.19. The van der Waals surface area contributed by atoms with Crippen LogP contribution in [0.1, 0.15) is 12.5 Å². The maximum atomic E-state index is 14.2. The first kappa shape index (κ1) is 18.2. The number of aliphatic hydroxyl groups excluding tert-OH is 1. The van der Waals surface area contributed by atoms with E-state index in [1.54, 1.807) is 6.07 Å². The highest BCUT2D eigenvalue weighted by Gasteiger charge is 2.51. The van der Waals surface area contributed by atoms with Crippen LogP contribution in [0, 0.1) is 5.82 Å². The third-order valence-electron chi connectivity index (χ3n) is 3.89. The van der Waals surface area contributed by atoms with E-state index in [4.69, 9.17) is 16.3 Å². The smallest absolute Gasteiger partial charge is 0.264 e. The Hall–Kier alpha value is -2.58. The van der Waals surface area contributed by atoms with Crippen LogP contribution in [0.25, 0.3) is 0 Å². The first-order valence-corrected chi connectivity index (χ1v) is 9.22. The predicted octanol–water partition coefficient (Wildman–Crippen LogP) is 3.00. The number of carbonyl (C=O) groups excluding carboxylic acids is 1. The Morgan fingerprint density at radius 2 is 1.81 bits per heavy atom. The fourth-order valence-electron chi connectivity index (χ4n) is 2.60. The van der Waals surface area contributed by atoms with Gasteiger partial charge in [0, 0.05) is 0 Å². The third kappa shape index (κ3) is 2.91. The number of ketones is 1. The highest BCUT2D eigenvalue weighted by Crippen LogP contribution is 2.41. The van der Waals surface area contributed by atoms with Crippen LogP contribution in [-0.2, 0) is 25.2 Å². The lowest BCUT2D eigenvalue weighted by Gasteiger charge is -2.25. The number of hydrogen-bond donors (Lipinski definition) is 2. The van der Waals surface area contributed by atoms with Crippen LogP contribution < -0.4 is 4.72 Å². The van der Waals surface area contributed by atoms with Gasteiger partial charge in [0.15, 0.2) is 0 Å². The molecule has 3 rings (SSSR count). The van der Waals surface area contributed by atoms with Crippen molar-refractivity contribution in [2.45, 2.75) is 17.4 Å². The SMILES string of the molecule is CC1(c2c(F)cccc2Cl)OC(NS(=O)(=O)c2ccccc2)=C(O)C1=O. The van der Waals surface area contributed by atoms with Crippen molar-refractivity contribution in [1.29, 1.82) is 0 Å². The van der Waals surface area contributed by atoms with Gasteiger partial charge in [-0.3, -0.25) is 4.79 Å². The van der Waals surface area contributed by atoms with Gasteiger partial charge in [-0.05, 0) is 31.2 Å². The monoisotopic (exact) mass is 397 g/mol. The molecule has 1 aliphatic heterocycles. The lowest BCUT2D eigenvalue weighted by Crippen LogP contribution is -2.33. The second-order valence-corrected chi connectivity index (χ2v) is 7.75. The number of Topliss-reactive ketones (excluding diaryl/α,β-unsaturated/α-hetero) is 1. The normalized spacial score (nSPS) is 20.2. The topological polar surface area (TPSA) is 92.7 Å². The lowest BCUT2D eigenvalue weighted by atomic mass is 9.91. The maximum absolute atomic E-state index is 14.2. The van der Waals surface area contributed by atoms with Crippen molar-refractivity contribution < 1.29 is 27.4 Å². The molecule has 0 amide bonds. The van der Waals surface area contributed by atoms with E-state index < -0.39 is 38.9 Å². The molecule has 2 aromatic rings. The third-order valence-corrected chi connectivity index (χ3v) is 5.55. The average Bonchev–Trinajstić information content (AvgIpc) is 2.79. The fraction of sp³-hybridized carbons (Fsp3) is 0.118. The van der Waals surface area contributed by atoms with E-state index in [1.165, 1.54) is 43.3 Å². The largest absolute Gasteiger partial charge is 0.501 e. The minimum absolute atomic E-state index is 0.0965. The Labute approximate surface area is 153 Å². The molecule has 0 spiro atoms.